The van der Waals surface area contributed by atoms with Gasteiger partial charge in [-0.15, -0.1) is 0 Å². The molecule has 1 saturated heterocycles. The molecule has 0 radical (unpaired) electrons. The predicted octanol–water partition coefficient (Wildman–Crippen LogP) is 1.95. The number of carboxylic acids is 1. The van der Waals surface area contributed by atoms with Gasteiger partial charge in [0.05, 0.1) is 6.10 Å². The van der Waals surface area contributed by atoms with Gasteiger partial charge in [0.25, 0.3) is 5.91 Å². The lowest BCUT2D eigenvalue weighted by Crippen LogP contribution is -2.50. The number of carbonyl (C=O) groups excluding carboxylic acids is 1. The summed E-state index contributed by atoms with van der Waals surface area (Å²) < 4.78 is 5.47. The monoisotopic (exact) mass is 292 g/mol. The van der Waals surface area contributed by atoms with Crippen LogP contribution in [0.25, 0.3) is 0 Å². The Morgan fingerprint density at radius 3 is 2.76 bits per heavy atom. The number of aromatic nitrogens is 1. The Kier molecular flexibility index (Phi) is 4.16. The van der Waals surface area contributed by atoms with E-state index in [0.717, 1.165) is 0 Å². The van der Waals surface area contributed by atoms with Gasteiger partial charge in [-0.3, -0.25) is 4.79 Å². The molecule has 0 aliphatic carbocycles. The summed E-state index contributed by atoms with van der Waals surface area (Å²) in [6, 6.07) is 4.94. The Morgan fingerprint density at radius 1 is 1.43 bits per heavy atom. The van der Waals surface area contributed by atoms with E-state index in [-0.39, 0.29) is 17.7 Å². The van der Waals surface area contributed by atoms with E-state index in [9.17, 15) is 14.7 Å². The predicted molar refractivity (Wildman–Crippen MR) is 76.3 cm³/mol. The van der Waals surface area contributed by atoms with Gasteiger partial charge in [0.15, 0.2) is 0 Å². The molecule has 1 amide bonds. The summed E-state index contributed by atoms with van der Waals surface area (Å²) >= 11 is 0. The van der Waals surface area contributed by atoms with Crippen LogP contribution in [-0.4, -0.2) is 45.1 Å². The van der Waals surface area contributed by atoms with E-state index in [1.54, 1.807) is 25.1 Å². The van der Waals surface area contributed by atoms with Gasteiger partial charge >= 0.3 is 5.97 Å². The molecular formula is C15H20N2O4. The summed E-state index contributed by atoms with van der Waals surface area (Å²) in [4.78, 5) is 29.6. The van der Waals surface area contributed by atoms with Gasteiger partial charge in [-0.2, -0.15) is 0 Å². The second-order valence-electron chi connectivity index (χ2n) is 5.67. The van der Waals surface area contributed by atoms with Crippen LogP contribution in [0, 0.1) is 0 Å². The van der Waals surface area contributed by atoms with Crippen LogP contribution in [0.3, 0.4) is 0 Å². The lowest BCUT2D eigenvalue weighted by molar-refractivity contribution is -0.147. The third kappa shape index (κ3) is 2.99. The molecule has 21 heavy (non-hydrogen) atoms. The molecular weight excluding hydrogens is 272 g/mol. The van der Waals surface area contributed by atoms with Crippen LogP contribution in [0.5, 0.6) is 5.88 Å². The van der Waals surface area contributed by atoms with Gasteiger partial charge in [-0.05, 0) is 39.7 Å². The first-order valence-electron chi connectivity index (χ1n) is 7.03. The van der Waals surface area contributed by atoms with Crippen LogP contribution in [0.15, 0.2) is 18.2 Å². The number of nitrogens with zero attached hydrogens (tertiary/aromatic N) is 2. The van der Waals surface area contributed by atoms with Crippen LogP contribution < -0.4 is 4.74 Å². The van der Waals surface area contributed by atoms with Crippen molar-refractivity contribution < 1.29 is 19.4 Å². The van der Waals surface area contributed by atoms with E-state index in [1.807, 2.05) is 13.8 Å². The van der Waals surface area contributed by atoms with E-state index >= 15 is 0 Å². The number of aliphatic carboxylic acids is 1. The summed E-state index contributed by atoms with van der Waals surface area (Å²) in [5, 5.41) is 9.37. The first-order chi connectivity index (χ1) is 9.84. The van der Waals surface area contributed by atoms with Gasteiger partial charge in [0, 0.05) is 12.6 Å². The van der Waals surface area contributed by atoms with E-state index < -0.39 is 11.5 Å². The minimum absolute atomic E-state index is 0.0427. The van der Waals surface area contributed by atoms with Gasteiger partial charge in [0.1, 0.15) is 11.2 Å². The summed E-state index contributed by atoms with van der Waals surface area (Å²) in [6.45, 7) is 5.75. The normalized spacial score (nSPS) is 21.6. The number of hydrogen-bond donors (Lipinski definition) is 1. The Hall–Kier alpha value is -2.11. The highest BCUT2D eigenvalue weighted by molar-refractivity contribution is 5.96. The van der Waals surface area contributed by atoms with E-state index in [4.69, 9.17) is 4.74 Å². The maximum atomic E-state index is 12.5. The number of pyridine rings is 1. The highest BCUT2D eigenvalue weighted by Gasteiger charge is 2.46. The van der Waals surface area contributed by atoms with Crippen molar-refractivity contribution in [2.75, 3.05) is 6.54 Å². The van der Waals surface area contributed by atoms with Gasteiger partial charge < -0.3 is 14.7 Å². The molecule has 6 nitrogen and oxygen atoms in total. The molecule has 1 aromatic rings. The van der Waals surface area contributed by atoms with E-state index in [0.29, 0.717) is 25.3 Å². The third-order valence-electron chi connectivity index (χ3n) is 3.65. The van der Waals surface area contributed by atoms with Crippen LogP contribution in [-0.2, 0) is 4.79 Å². The van der Waals surface area contributed by atoms with E-state index in [1.165, 1.54) is 4.90 Å². The second-order valence-corrected chi connectivity index (χ2v) is 5.67. The Labute approximate surface area is 123 Å². The highest BCUT2D eigenvalue weighted by atomic mass is 16.5. The Morgan fingerprint density at radius 2 is 2.14 bits per heavy atom. The van der Waals surface area contributed by atoms with Crippen LogP contribution in [0.2, 0.25) is 0 Å². The van der Waals surface area contributed by atoms with E-state index in [2.05, 4.69) is 4.98 Å². The number of carbonyl (C=O) groups is 2. The van der Waals surface area contributed by atoms with Gasteiger partial charge in [0.2, 0.25) is 5.88 Å². The zero-order valence-corrected chi connectivity index (χ0v) is 12.5. The smallest absolute Gasteiger partial charge is 0.329 e. The quantitative estimate of drug-likeness (QED) is 0.917. The highest BCUT2D eigenvalue weighted by Crippen LogP contribution is 2.30. The number of hydrogen-bond acceptors (Lipinski definition) is 4. The lowest BCUT2D eigenvalue weighted by atomic mass is 9.99. The number of carboxylic acid groups (broad SMARTS) is 1. The second kappa shape index (κ2) is 5.71. The number of likely N-dealkylation sites (tertiary alicyclic amines) is 1. The fraction of sp³-hybridized carbons (Fsp3) is 0.533. The average Bonchev–Trinajstić information content (AvgIpc) is 2.81. The molecule has 6 heteroatoms. The van der Waals surface area contributed by atoms with Crippen molar-refractivity contribution in [3.8, 4) is 5.88 Å². The molecule has 0 spiro atoms. The van der Waals surface area contributed by atoms with Crippen molar-refractivity contribution in [1.82, 2.24) is 9.88 Å². The van der Waals surface area contributed by atoms with Crippen molar-refractivity contribution in [1.29, 1.82) is 0 Å². The molecule has 1 aliphatic rings. The Bertz CT molecular complexity index is 558. The first kappa shape index (κ1) is 15.3. The van der Waals surface area contributed by atoms with Gasteiger partial charge in [-0.25, -0.2) is 9.78 Å². The topological polar surface area (TPSA) is 79.7 Å². The van der Waals surface area contributed by atoms with Crippen molar-refractivity contribution in [2.24, 2.45) is 0 Å². The molecule has 1 N–H and O–H groups in total. The summed E-state index contributed by atoms with van der Waals surface area (Å²) in [6.07, 6.45) is 1.09. The molecule has 1 aliphatic heterocycles. The fourth-order valence-electron chi connectivity index (χ4n) is 2.49. The molecule has 0 bridgehead atoms. The standard InChI is InChI=1S/C15H20N2O4/c1-10(2)21-12-7-4-6-11(16-12)13(18)17-9-5-8-15(17,3)14(19)20/h4,6-7,10H,5,8-9H2,1-3H3,(H,19,20). The largest absolute Gasteiger partial charge is 0.480 e. The summed E-state index contributed by atoms with van der Waals surface area (Å²) in [5.74, 6) is -0.985. The van der Waals surface area contributed by atoms with Crippen LogP contribution in [0.4, 0.5) is 0 Å². The minimum Gasteiger partial charge on any atom is -0.480 e. The minimum atomic E-state index is -1.16. The molecule has 2 heterocycles. The molecule has 2 rings (SSSR count). The molecule has 1 unspecified atom stereocenters. The Balaban J connectivity index is 2.26. The molecule has 1 fully saturated rings. The molecule has 1 aromatic heterocycles. The average molecular weight is 292 g/mol. The van der Waals surface area contributed by atoms with Crippen LogP contribution in [0.1, 0.15) is 44.1 Å². The fourth-order valence-corrected chi connectivity index (χ4v) is 2.49. The van der Waals surface area contributed by atoms with Crippen molar-refractivity contribution in [3.05, 3.63) is 23.9 Å². The third-order valence-corrected chi connectivity index (χ3v) is 3.65. The molecule has 1 atom stereocenters. The van der Waals surface area contributed by atoms with Crippen molar-refractivity contribution in [2.45, 2.75) is 45.3 Å². The zero-order valence-electron chi connectivity index (χ0n) is 12.5. The number of amides is 1. The van der Waals surface area contributed by atoms with Crippen molar-refractivity contribution in [3.63, 3.8) is 0 Å². The SMILES string of the molecule is CC(C)Oc1cccc(C(=O)N2CCCC2(C)C(=O)O)n1. The summed E-state index contributed by atoms with van der Waals surface area (Å²) in [5.41, 5.74) is -0.948. The molecule has 0 saturated carbocycles. The number of ether oxygens (including phenoxy) is 1. The first-order valence-corrected chi connectivity index (χ1v) is 7.03. The number of rotatable bonds is 4. The maximum absolute atomic E-state index is 12.5. The van der Waals surface area contributed by atoms with Crippen LogP contribution >= 0.6 is 0 Å². The molecule has 0 aromatic carbocycles. The lowest BCUT2D eigenvalue weighted by Gasteiger charge is -2.30. The summed E-state index contributed by atoms with van der Waals surface area (Å²) in [7, 11) is 0. The van der Waals surface area contributed by atoms with Crippen molar-refractivity contribution >= 4 is 11.9 Å². The zero-order chi connectivity index (χ0) is 15.6. The maximum Gasteiger partial charge on any atom is 0.329 e. The molecule has 114 valence electrons. The van der Waals surface area contributed by atoms with Gasteiger partial charge in [-0.1, -0.05) is 6.07 Å².